The summed E-state index contributed by atoms with van der Waals surface area (Å²) in [6, 6.07) is 9.48. The molecule has 1 saturated carbocycles. The highest BCUT2D eigenvalue weighted by molar-refractivity contribution is 5.81. The van der Waals surface area contributed by atoms with E-state index in [0.717, 1.165) is 18.4 Å². The first-order valence-corrected chi connectivity index (χ1v) is 9.48. The topological polar surface area (TPSA) is 98.7 Å². The maximum atomic E-state index is 13.1. The Labute approximate surface area is 154 Å². The molecule has 7 heteroatoms. The van der Waals surface area contributed by atoms with Crippen molar-refractivity contribution in [2.75, 3.05) is 6.54 Å². The Balaban J connectivity index is 1.76. The lowest BCUT2D eigenvalue weighted by atomic mass is 9.83. The molecule has 1 aliphatic rings. The van der Waals surface area contributed by atoms with Crippen LogP contribution < -0.4 is 11.1 Å². The van der Waals surface area contributed by atoms with Gasteiger partial charge in [-0.25, -0.2) is 4.68 Å². The molecular formula is C19H28N6O. The molecule has 7 nitrogen and oxygen atoms in total. The van der Waals surface area contributed by atoms with Crippen molar-refractivity contribution in [1.29, 1.82) is 0 Å². The van der Waals surface area contributed by atoms with Gasteiger partial charge in [0.2, 0.25) is 5.91 Å². The van der Waals surface area contributed by atoms with Gasteiger partial charge in [-0.1, -0.05) is 49.6 Å². The van der Waals surface area contributed by atoms with Gasteiger partial charge in [-0.3, -0.25) is 4.79 Å². The second-order valence-electron chi connectivity index (χ2n) is 7.13. The second-order valence-corrected chi connectivity index (χ2v) is 7.13. The molecule has 2 unspecified atom stereocenters. The number of hydrogen-bond acceptors (Lipinski definition) is 5. The van der Waals surface area contributed by atoms with Gasteiger partial charge in [0.15, 0.2) is 0 Å². The molecule has 0 bridgehead atoms. The number of nitrogens with one attached hydrogen (secondary N) is 1. The maximum Gasteiger partial charge on any atom is 0.245 e. The number of nitrogens with zero attached hydrogens (tertiary/aromatic N) is 4. The third-order valence-corrected chi connectivity index (χ3v) is 5.33. The summed E-state index contributed by atoms with van der Waals surface area (Å²) in [4.78, 5) is 13.1. The molecule has 0 aliphatic heterocycles. The number of carbonyl (C=O) groups excluding carboxylic acids is 1. The summed E-state index contributed by atoms with van der Waals surface area (Å²) in [6.07, 6.45) is 6.53. The maximum absolute atomic E-state index is 13.1. The van der Waals surface area contributed by atoms with E-state index in [2.05, 4.69) is 20.8 Å². The highest BCUT2D eigenvalue weighted by atomic mass is 16.2. The fourth-order valence-electron chi connectivity index (χ4n) is 3.84. The van der Waals surface area contributed by atoms with Crippen molar-refractivity contribution in [2.45, 2.75) is 57.5 Å². The molecule has 140 valence electrons. The standard InChI is InChI=1S/C19H28N6O/c1-14-22-23-24-25(14)18(12-15-8-4-2-5-9-15)19(26)21-17(13-20)16-10-6-3-7-11-16/h2,4-5,8-9,16-18H,3,6-7,10-13,20H2,1H3,(H,21,26). The largest absolute Gasteiger partial charge is 0.350 e. The van der Waals surface area contributed by atoms with E-state index in [9.17, 15) is 4.79 Å². The van der Waals surface area contributed by atoms with Crippen molar-refractivity contribution < 1.29 is 4.79 Å². The molecule has 1 aliphatic carbocycles. The van der Waals surface area contributed by atoms with Gasteiger partial charge in [0, 0.05) is 19.0 Å². The number of nitrogens with two attached hydrogens (primary N) is 1. The highest BCUT2D eigenvalue weighted by Crippen LogP contribution is 2.26. The van der Waals surface area contributed by atoms with Gasteiger partial charge in [0.25, 0.3) is 0 Å². The van der Waals surface area contributed by atoms with E-state index < -0.39 is 6.04 Å². The summed E-state index contributed by atoms with van der Waals surface area (Å²) in [6.45, 7) is 2.27. The van der Waals surface area contributed by atoms with Crippen molar-refractivity contribution in [2.24, 2.45) is 11.7 Å². The number of aromatic nitrogens is 4. The van der Waals surface area contributed by atoms with Gasteiger partial charge >= 0.3 is 0 Å². The Morgan fingerprint density at radius 2 is 2.00 bits per heavy atom. The zero-order chi connectivity index (χ0) is 18.4. The van der Waals surface area contributed by atoms with Crippen LogP contribution in [0.5, 0.6) is 0 Å². The van der Waals surface area contributed by atoms with Gasteiger partial charge in [0.1, 0.15) is 11.9 Å². The van der Waals surface area contributed by atoms with Gasteiger partial charge in [-0.2, -0.15) is 0 Å². The van der Waals surface area contributed by atoms with Crippen molar-refractivity contribution in [1.82, 2.24) is 25.5 Å². The van der Waals surface area contributed by atoms with Crippen molar-refractivity contribution >= 4 is 5.91 Å². The Morgan fingerprint density at radius 3 is 2.62 bits per heavy atom. The molecule has 1 amide bonds. The van der Waals surface area contributed by atoms with E-state index in [1.54, 1.807) is 4.68 Å². The summed E-state index contributed by atoms with van der Waals surface area (Å²) in [5.74, 6) is 1.03. The van der Waals surface area contributed by atoms with Crippen LogP contribution in [-0.4, -0.2) is 38.7 Å². The Morgan fingerprint density at radius 1 is 1.27 bits per heavy atom. The normalized spacial score (nSPS) is 17.6. The van der Waals surface area contributed by atoms with E-state index in [0.29, 0.717) is 24.7 Å². The predicted molar refractivity (Wildman–Crippen MR) is 99.3 cm³/mol. The minimum absolute atomic E-state index is 0.0119. The number of carbonyl (C=O) groups is 1. The molecule has 0 spiro atoms. The van der Waals surface area contributed by atoms with Crippen LogP contribution in [0, 0.1) is 12.8 Å². The predicted octanol–water partition coefficient (Wildman–Crippen LogP) is 1.79. The zero-order valence-corrected chi connectivity index (χ0v) is 15.3. The Hall–Kier alpha value is -2.28. The summed E-state index contributed by atoms with van der Waals surface area (Å²) in [7, 11) is 0. The van der Waals surface area contributed by atoms with Gasteiger partial charge in [-0.15, -0.1) is 5.10 Å². The minimum atomic E-state index is -0.481. The van der Waals surface area contributed by atoms with E-state index in [1.807, 2.05) is 37.3 Å². The number of benzene rings is 1. The molecule has 0 saturated heterocycles. The average Bonchev–Trinajstić information content (AvgIpc) is 3.11. The quantitative estimate of drug-likeness (QED) is 0.788. The number of hydrogen-bond donors (Lipinski definition) is 2. The molecule has 1 aromatic carbocycles. The Bertz CT molecular complexity index is 695. The molecule has 1 fully saturated rings. The monoisotopic (exact) mass is 356 g/mol. The van der Waals surface area contributed by atoms with Crippen molar-refractivity contribution in [3.05, 3.63) is 41.7 Å². The summed E-state index contributed by atoms with van der Waals surface area (Å²) >= 11 is 0. The highest BCUT2D eigenvalue weighted by Gasteiger charge is 2.29. The van der Waals surface area contributed by atoms with Crippen LogP contribution in [0.3, 0.4) is 0 Å². The van der Waals surface area contributed by atoms with E-state index >= 15 is 0 Å². The second kappa shape index (κ2) is 8.89. The molecule has 3 rings (SSSR count). The van der Waals surface area contributed by atoms with Crippen LogP contribution in [-0.2, 0) is 11.2 Å². The lowest BCUT2D eigenvalue weighted by Crippen LogP contribution is -2.48. The van der Waals surface area contributed by atoms with Crippen LogP contribution in [0.4, 0.5) is 0 Å². The molecule has 0 radical (unpaired) electrons. The van der Waals surface area contributed by atoms with Gasteiger partial charge < -0.3 is 11.1 Å². The lowest BCUT2D eigenvalue weighted by molar-refractivity contribution is -0.125. The molecule has 3 N–H and O–H groups in total. The average molecular weight is 356 g/mol. The fraction of sp³-hybridized carbons (Fsp3) is 0.579. The Kier molecular flexibility index (Phi) is 6.33. The lowest BCUT2D eigenvalue weighted by Gasteiger charge is -2.31. The van der Waals surface area contributed by atoms with Crippen LogP contribution in [0.1, 0.15) is 49.5 Å². The summed E-state index contributed by atoms with van der Waals surface area (Å²) in [5, 5.41) is 14.9. The van der Waals surface area contributed by atoms with Crippen LogP contribution in [0.2, 0.25) is 0 Å². The van der Waals surface area contributed by atoms with Crippen molar-refractivity contribution in [3.8, 4) is 0 Å². The fourth-order valence-corrected chi connectivity index (χ4v) is 3.84. The zero-order valence-electron chi connectivity index (χ0n) is 15.3. The van der Waals surface area contributed by atoms with Crippen LogP contribution in [0.25, 0.3) is 0 Å². The first-order chi connectivity index (χ1) is 12.7. The minimum Gasteiger partial charge on any atom is -0.350 e. The molecule has 1 heterocycles. The number of amides is 1. The van der Waals surface area contributed by atoms with Gasteiger partial charge in [0.05, 0.1) is 0 Å². The molecule has 2 aromatic rings. The number of tetrazole rings is 1. The SMILES string of the molecule is Cc1nnnn1C(Cc1ccccc1)C(=O)NC(CN)C1CCCCC1. The smallest absolute Gasteiger partial charge is 0.245 e. The van der Waals surface area contributed by atoms with Crippen molar-refractivity contribution in [3.63, 3.8) is 0 Å². The van der Waals surface area contributed by atoms with E-state index in [4.69, 9.17) is 5.73 Å². The van der Waals surface area contributed by atoms with Crippen LogP contribution >= 0.6 is 0 Å². The molecule has 2 atom stereocenters. The molecular weight excluding hydrogens is 328 g/mol. The third-order valence-electron chi connectivity index (χ3n) is 5.33. The summed E-state index contributed by atoms with van der Waals surface area (Å²) in [5.41, 5.74) is 7.06. The number of rotatable bonds is 7. The van der Waals surface area contributed by atoms with Crippen LogP contribution in [0.15, 0.2) is 30.3 Å². The van der Waals surface area contributed by atoms with E-state index in [1.165, 1.54) is 19.3 Å². The first-order valence-electron chi connectivity index (χ1n) is 9.48. The van der Waals surface area contributed by atoms with E-state index in [-0.39, 0.29) is 11.9 Å². The number of aryl methyl sites for hydroxylation is 1. The molecule has 1 aromatic heterocycles. The first kappa shape index (κ1) is 18.5. The molecule has 26 heavy (non-hydrogen) atoms. The van der Waals surface area contributed by atoms with Gasteiger partial charge in [-0.05, 0) is 41.7 Å². The summed E-state index contributed by atoms with van der Waals surface area (Å²) < 4.78 is 1.61. The third kappa shape index (κ3) is 4.46.